The lowest BCUT2D eigenvalue weighted by Crippen LogP contribution is -2.27. The van der Waals surface area contributed by atoms with Gasteiger partial charge < -0.3 is 14.8 Å². The second kappa shape index (κ2) is 6.66. The van der Waals surface area contributed by atoms with Gasteiger partial charge in [-0.05, 0) is 24.1 Å². The van der Waals surface area contributed by atoms with Crippen LogP contribution in [0.15, 0.2) is 18.2 Å². The number of hydrogen-bond acceptors (Lipinski definition) is 3. The summed E-state index contributed by atoms with van der Waals surface area (Å²) < 4.78 is 11.1. The molecule has 1 N–H and O–H groups in total. The van der Waals surface area contributed by atoms with E-state index in [1.165, 1.54) is 0 Å². The number of ether oxygens (including phenoxy) is 2. The molecule has 1 heterocycles. The SMILES string of the molecule is CCCNC(=O)C(Cl)c1ccc2c(c1)OCCCO2. The van der Waals surface area contributed by atoms with Crippen molar-refractivity contribution in [2.75, 3.05) is 19.8 Å². The zero-order valence-electron chi connectivity index (χ0n) is 10.9. The fraction of sp³-hybridized carbons (Fsp3) is 0.500. The van der Waals surface area contributed by atoms with Gasteiger partial charge in [0.25, 0.3) is 0 Å². The zero-order valence-corrected chi connectivity index (χ0v) is 11.7. The predicted molar refractivity (Wildman–Crippen MR) is 73.9 cm³/mol. The minimum Gasteiger partial charge on any atom is -0.490 e. The third kappa shape index (κ3) is 3.53. The highest BCUT2D eigenvalue weighted by molar-refractivity contribution is 6.30. The molecule has 5 heteroatoms. The molecule has 0 bridgehead atoms. The van der Waals surface area contributed by atoms with Gasteiger partial charge in [0.15, 0.2) is 11.5 Å². The number of carbonyl (C=O) groups excluding carboxylic acids is 1. The third-order valence-corrected chi connectivity index (χ3v) is 3.29. The molecule has 1 aromatic rings. The normalized spacial score (nSPS) is 15.5. The molecule has 0 spiro atoms. The molecule has 0 saturated heterocycles. The monoisotopic (exact) mass is 283 g/mol. The lowest BCUT2D eigenvalue weighted by Gasteiger charge is -2.13. The summed E-state index contributed by atoms with van der Waals surface area (Å²) in [6, 6.07) is 5.39. The molecule has 104 valence electrons. The number of fused-ring (bicyclic) bond motifs is 1. The van der Waals surface area contributed by atoms with Crippen LogP contribution < -0.4 is 14.8 Å². The zero-order chi connectivity index (χ0) is 13.7. The summed E-state index contributed by atoms with van der Waals surface area (Å²) in [6.07, 6.45) is 1.74. The Morgan fingerprint density at radius 3 is 2.84 bits per heavy atom. The average molecular weight is 284 g/mol. The van der Waals surface area contributed by atoms with Crippen molar-refractivity contribution in [2.24, 2.45) is 0 Å². The second-order valence-corrected chi connectivity index (χ2v) is 4.85. The first kappa shape index (κ1) is 14.0. The van der Waals surface area contributed by atoms with Gasteiger partial charge in [0, 0.05) is 13.0 Å². The van der Waals surface area contributed by atoms with E-state index >= 15 is 0 Å². The van der Waals surface area contributed by atoms with Crippen LogP contribution in [0, 0.1) is 0 Å². The smallest absolute Gasteiger partial charge is 0.242 e. The Hall–Kier alpha value is -1.42. The van der Waals surface area contributed by atoms with Crippen molar-refractivity contribution >= 4 is 17.5 Å². The van der Waals surface area contributed by atoms with E-state index in [1.54, 1.807) is 18.2 Å². The summed E-state index contributed by atoms with van der Waals surface area (Å²) in [5.74, 6) is 1.18. The van der Waals surface area contributed by atoms with E-state index in [1.807, 2.05) is 6.92 Å². The minimum atomic E-state index is -0.705. The summed E-state index contributed by atoms with van der Waals surface area (Å²) in [5, 5.41) is 2.08. The second-order valence-electron chi connectivity index (χ2n) is 4.41. The number of halogens is 1. The van der Waals surface area contributed by atoms with E-state index in [0.717, 1.165) is 18.4 Å². The third-order valence-electron chi connectivity index (χ3n) is 2.84. The average Bonchev–Trinajstić information content (AvgIpc) is 2.68. The van der Waals surface area contributed by atoms with Crippen molar-refractivity contribution in [1.82, 2.24) is 5.32 Å². The van der Waals surface area contributed by atoms with Gasteiger partial charge in [-0.1, -0.05) is 13.0 Å². The maximum atomic E-state index is 11.8. The van der Waals surface area contributed by atoms with Gasteiger partial charge in [-0.2, -0.15) is 0 Å². The Balaban J connectivity index is 2.12. The summed E-state index contributed by atoms with van der Waals surface area (Å²) in [5.41, 5.74) is 0.722. The highest BCUT2D eigenvalue weighted by Gasteiger charge is 2.20. The van der Waals surface area contributed by atoms with E-state index < -0.39 is 5.38 Å². The summed E-state index contributed by atoms with van der Waals surface area (Å²) >= 11 is 6.17. The summed E-state index contributed by atoms with van der Waals surface area (Å²) in [7, 11) is 0. The van der Waals surface area contributed by atoms with E-state index in [2.05, 4.69) is 5.32 Å². The van der Waals surface area contributed by atoms with Gasteiger partial charge >= 0.3 is 0 Å². The van der Waals surface area contributed by atoms with Crippen molar-refractivity contribution in [3.63, 3.8) is 0 Å². The van der Waals surface area contributed by atoms with Gasteiger partial charge in [-0.3, -0.25) is 4.79 Å². The van der Waals surface area contributed by atoms with Crippen molar-refractivity contribution in [3.05, 3.63) is 23.8 Å². The standard InChI is InChI=1S/C14H18ClNO3/c1-2-6-16-14(17)13(15)10-4-5-11-12(9-10)19-8-3-7-18-11/h4-5,9,13H,2-3,6-8H2,1H3,(H,16,17). The molecule has 1 aliphatic heterocycles. The Morgan fingerprint density at radius 1 is 1.37 bits per heavy atom. The van der Waals surface area contributed by atoms with Gasteiger partial charge in [0.2, 0.25) is 5.91 Å². The molecule has 1 unspecified atom stereocenters. The Labute approximate surface area is 118 Å². The molecule has 1 amide bonds. The quantitative estimate of drug-likeness (QED) is 0.864. The number of amides is 1. The molecule has 1 aromatic carbocycles. The molecule has 0 saturated carbocycles. The summed E-state index contributed by atoms with van der Waals surface area (Å²) in [6.45, 7) is 3.89. The molecule has 1 atom stereocenters. The largest absolute Gasteiger partial charge is 0.490 e. The van der Waals surface area contributed by atoms with Crippen LogP contribution in [0.5, 0.6) is 11.5 Å². The van der Waals surface area contributed by atoms with Crippen molar-refractivity contribution in [1.29, 1.82) is 0 Å². The van der Waals surface area contributed by atoms with E-state index in [0.29, 0.717) is 31.3 Å². The van der Waals surface area contributed by atoms with Crippen LogP contribution >= 0.6 is 11.6 Å². The van der Waals surface area contributed by atoms with Gasteiger partial charge in [0.05, 0.1) is 13.2 Å². The highest BCUT2D eigenvalue weighted by atomic mass is 35.5. The number of alkyl halides is 1. The van der Waals surface area contributed by atoms with Crippen molar-refractivity contribution in [2.45, 2.75) is 25.1 Å². The van der Waals surface area contributed by atoms with Crippen LogP contribution in [0.1, 0.15) is 30.7 Å². The van der Waals surface area contributed by atoms with Crippen molar-refractivity contribution < 1.29 is 14.3 Å². The van der Waals surface area contributed by atoms with Crippen LogP contribution in [-0.2, 0) is 4.79 Å². The van der Waals surface area contributed by atoms with Crippen molar-refractivity contribution in [3.8, 4) is 11.5 Å². The molecule has 0 fully saturated rings. The van der Waals surface area contributed by atoms with Crippen LogP contribution in [0.2, 0.25) is 0 Å². The van der Waals surface area contributed by atoms with Gasteiger partial charge in [0.1, 0.15) is 5.38 Å². The summed E-state index contributed by atoms with van der Waals surface area (Å²) in [4.78, 5) is 11.8. The lowest BCUT2D eigenvalue weighted by molar-refractivity contribution is -0.120. The maximum absolute atomic E-state index is 11.8. The molecular weight excluding hydrogens is 266 g/mol. The predicted octanol–water partition coefficient (Wildman–Crippen LogP) is 2.65. The maximum Gasteiger partial charge on any atom is 0.242 e. The number of hydrogen-bond donors (Lipinski definition) is 1. The molecule has 0 aromatic heterocycles. The van der Waals surface area contributed by atoms with Crippen LogP contribution in [0.25, 0.3) is 0 Å². The number of benzene rings is 1. The fourth-order valence-corrected chi connectivity index (χ4v) is 2.04. The molecule has 2 rings (SSSR count). The fourth-order valence-electron chi connectivity index (χ4n) is 1.83. The first-order chi connectivity index (χ1) is 9.22. The first-order valence-electron chi connectivity index (χ1n) is 6.53. The van der Waals surface area contributed by atoms with E-state index in [-0.39, 0.29) is 5.91 Å². The molecule has 1 aliphatic rings. The Morgan fingerprint density at radius 2 is 2.11 bits per heavy atom. The number of nitrogens with one attached hydrogen (secondary N) is 1. The first-order valence-corrected chi connectivity index (χ1v) is 6.97. The Bertz CT molecular complexity index is 450. The van der Waals surface area contributed by atoms with Crippen LogP contribution in [-0.4, -0.2) is 25.7 Å². The molecule has 19 heavy (non-hydrogen) atoms. The minimum absolute atomic E-state index is 0.182. The van der Waals surface area contributed by atoms with Gasteiger partial charge in [-0.15, -0.1) is 11.6 Å². The van der Waals surface area contributed by atoms with E-state index in [9.17, 15) is 4.79 Å². The van der Waals surface area contributed by atoms with E-state index in [4.69, 9.17) is 21.1 Å². The Kier molecular flexibility index (Phi) is 4.91. The molecule has 0 radical (unpaired) electrons. The molecule has 4 nitrogen and oxygen atoms in total. The lowest BCUT2D eigenvalue weighted by atomic mass is 10.1. The topological polar surface area (TPSA) is 47.6 Å². The van der Waals surface area contributed by atoms with Gasteiger partial charge in [-0.25, -0.2) is 0 Å². The number of rotatable bonds is 4. The van der Waals surface area contributed by atoms with Crippen LogP contribution in [0.3, 0.4) is 0 Å². The molecular formula is C14H18ClNO3. The molecule has 0 aliphatic carbocycles. The number of carbonyl (C=O) groups is 1. The highest BCUT2D eigenvalue weighted by Crippen LogP contribution is 2.33. The van der Waals surface area contributed by atoms with Crippen LogP contribution in [0.4, 0.5) is 0 Å².